The van der Waals surface area contributed by atoms with Crippen LogP contribution in [-0.2, 0) is 25.8 Å². The Morgan fingerprint density at radius 2 is 1.80 bits per heavy atom. The third-order valence-corrected chi connectivity index (χ3v) is 0.354. The second kappa shape index (κ2) is 8.85. The van der Waals surface area contributed by atoms with E-state index in [4.69, 9.17) is 0 Å². The smallest absolute Gasteiger partial charge is 0.320 e. The van der Waals surface area contributed by atoms with Crippen LogP contribution in [-0.4, -0.2) is 13.6 Å². The van der Waals surface area contributed by atoms with Gasteiger partial charge in [-0.05, 0) is 13.6 Å². The van der Waals surface area contributed by atoms with Crippen LogP contribution < -0.4 is 5.32 Å². The van der Waals surface area contributed by atoms with Crippen molar-refractivity contribution in [1.82, 2.24) is 5.32 Å². The van der Waals surface area contributed by atoms with Crippen LogP contribution in [0.15, 0.2) is 0 Å². The average Bonchev–Trinajstić information content (AvgIpc) is 1.37. The topological polar surface area (TPSA) is 12.0 Å². The van der Waals surface area contributed by atoms with E-state index in [2.05, 4.69) is 12.2 Å². The standard InChI is InChI=1S/C3H9N.Hf/c1-3-4-2;/h4H,3H2,1-2H3;/q;+4. The fourth-order valence-corrected chi connectivity index (χ4v) is 0. The second-order valence-corrected chi connectivity index (χ2v) is 0.707. The average molecular weight is 238 g/mol. The maximum absolute atomic E-state index is 2.93. The first kappa shape index (κ1) is 9.27. The van der Waals surface area contributed by atoms with Gasteiger partial charge < -0.3 is 5.32 Å². The van der Waals surface area contributed by atoms with Crippen LogP contribution in [0.5, 0.6) is 0 Å². The summed E-state index contributed by atoms with van der Waals surface area (Å²) in [7, 11) is 1.93. The summed E-state index contributed by atoms with van der Waals surface area (Å²) in [4.78, 5) is 0. The molecule has 26 valence electrons. The summed E-state index contributed by atoms with van der Waals surface area (Å²) in [5.74, 6) is 0. The van der Waals surface area contributed by atoms with E-state index in [1.54, 1.807) is 0 Å². The molecule has 2 heteroatoms. The summed E-state index contributed by atoms with van der Waals surface area (Å²) in [6.45, 7) is 3.14. The molecule has 0 fully saturated rings. The van der Waals surface area contributed by atoms with Gasteiger partial charge in [-0.15, -0.1) is 0 Å². The normalized spacial score (nSPS) is 6.00. The maximum Gasteiger partial charge on any atom is 4.00 e. The molecule has 0 radical (unpaired) electrons. The molecule has 0 spiro atoms. The van der Waals surface area contributed by atoms with Crippen molar-refractivity contribution in [2.24, 2.45) is 0 Å². The molecular formula is C3H9HfN+4. The van der Waals surface area contributed by atoms with Gasteiger partial charge in [0.25, 0.3) is 0 Å². The van der Waals surface area contributed by atoms with Gasteiger partial charge in [-0.2, -0.15) is 0 Å². The first-order valence-corrected chi connectivity index (χ1v) is 1.56. The Hall–Kier alpha value is 0.830. The van der Waals surface area contributed by atoms with E-state index in [0.717, 1.165) is 6.54 Å². The summed E-state index contributed by atoms with van der Waals surface area (Å²) < 4.78 is 0. The Morgan fingerprint density at radius 3 is 1.80 bits per heavy atom. The molecule has 0 aromatic heterocycles. The molecule has 5 heavy (non-hydrogen) atoms. The maximum atomic E-state index is 2.93. The zero-order chi connectivity index (χ0) is 3.41. The van der Waals surface area contributed by atoms with Crippen molar-refractivity contribution in [2.75, 3.05) is 13.6 Å². The van der Waals surface area contributed by atoms with Crippen LogP contribution in [0.4, 0.5) is 0 Å². The quantitative estimate of drug-likeness (QED) is 0.644. The molecule has 0 amide bonds. The molecule has 0 saturated heterocycles. The molecule has 0 atom stereocenters. The zero-order valence-corrected chi connectivity index (χ0v) is 7.30. The third-order valence-electron chi connectivity index (χ3n) is 0.354. The van der Waals surface area contributed by atoms with Crippen molar-refractivity contribution >= 4 is 0 Å². The van der Waals surface area contributed by atoms with Gasteiger partial charge in [-0.25, -0.2) is 0 Å². The predicted octanol–water partition coefficient (Wildman–Crippen LogP) is 0.223. The second-order valence-electron chi connectivity index (χ2n) is 0.707. The van der Waals surface area contributed by atoms with E-state index < -0.39 is 0 Å². The molecule has 0 unspecified atom stereocenters. The fraction of sp³-hybridized carbons (Fsp3) is 1.00. The van der Waals surface area contributed by atoms with Gasteiger partial charge in [-0.1, -0.05) is 6.92 Å². The van der Waals surface area contributed by atoms with Crippen LogP contribution in [0.25, 0.3) is 0 Å². The molecule has 1 N–H and O–H groups in total. The van der Waals surface area contributed by atoms with Crippen LogP contribution in [0.1, 0.15) is 6.92 Å². The van der Waals surface area contributed by atoms with Gasteiger partial charge in [0.2, 0.25) is 0 Å². The van der Waals surface area contributed by atoms with E-state index in [9.17, 15) is 0 Å². The van der Waals surface area contributed by atoms with E-state index >= 15 is 0 Å². The van der Waals surface area contributed by atoms with Gasteiger partial charge in [0.1, 0.15) is 0 Å². The molecule has 0 aliphatic rings. The molecule has 0 aromatic carbocycles. The number of hydrogen-bond donors (Lipinski definition) is 1. The van der Waals surface area contributed by atoms with Crippen molar-refractivity contribution in [1.29, 1.82) is 0 Å². The molecule has 0 aliphatic carbocycles. The molecule has 1 nitrogen and oxygen atoms in total. The molecule has 0 bridgehead atoms. The van der Waals surface area contributed by atoms with Gasteiger partial charge in [0.05, 0.1) is 0 Å². The van der Waals surface area contributed by atoms with E-state index in [-0.39, 0.29) is 25.8 Å². The first-order valence-electron chi connectivity index (χ1n) is 1.56. The van der Waals surface area contributed by atoms with E-state index in [1.807, 2.05) is 7.05 Å². The molecule has 0 heterocycles. The number of rotatable bonds is 1. The van der Waals surface area contributed by atoms with Crippen LogP contribution in [0.2, 0.25) is 0 Å². The summed E-state index contributed by atoms with van der Waals surface area (Å²) in [6.07, 6.45) is 0. The minimum atomic E-state index is 0. The molecular weight excluding hydrogens is 229 g/mol. The van der Waals surface area contributed by atoms with E-state index in [0.29, 0.717) is 0 Å². The van der Waals surface area contributed by atoms with Crippen molar-refractivity contribution in [3.05, 3.63) is 0 Å². The molecule has 0 aromatic rings. The summed E-state index contributed by atoms with van der Waals surface area (Å²) in [5, 5.41) is 2.93. The van der Waals surface area contributed by atoms with Gasteiger partial charge in [0, 0.05) is 0 Å². The largest absolute Gasteiger partial charge is 4.00 e. The van der Waals surface area contributed by atoms with Crippen LogP contribution >= 0.6 is 0 Å². The fourth-order valence-electron chi connectivity index (χ4n) is 0. The van der Waals surface area contributed by atoms with Gasteiger partial charge in [0.15, 0.2) is 0 Å². The van der Waals surface area contributed by atoms with Crippen molar-refractivity contribution in [3.63, 3.8) is 0 Å². The number of hydrogen-bond acceptors (Lipinski definition) is 1. The minimum absolute atomic E-state index is 0. The van der Waals surface area contributed by atoms with E-state index in [1.165, 1.54) is 0 Å². The molecule has 0 saturated carbocycles. The molecule has 0 rings (SSSR count). The van der Waals surface area contributed by atoms with Crippen LogP contribution in [0, 0.1) is 0 Å². The Bertz CT molecular complexity index is 8.85. The zero-order valence-electron chi connectivity index (χ0n) is 3.71. The number of nitrogens with one attached hydrogen (secondary N) is 1. The van der Waals surface area contributed by atoms with Gasteiger partial charge in [-0.3, -0.25) is 0 Å². The minimum Gasteiger partial charge on any atom is -0.320 e. The van der Waals surface area contributed by atoms with Gasteiger partial charge >= 0.3 is 25.8 Å². The van der Waals surface area contributed by atoms with Crippen LogP contribution in [0.3, 0.4) is 0 Å². The van der Waals surface area contributed by atoms with Crippen molar-refractivity contribution in [2.45, 2.75) is 6.92 Å². The predicted molar refractivity (Wildman–Crippen MR) is 19.6 cm³/mol. The summed E-state index contributed by atoms with van der Waals surface area (Å²) in [5.41, 5.74) is 0. The molecule has 0 aliphatic heterocycles. The Morgan fingerprint density at radius 1 is 1.60 bits per heavy atom. The van der Waals surface area contributed by atoms with Crippen molar-refractivity contribution < 1.29 is 25.8 Å². The SMILES string of the molecule is CCNC.[Hf+4]. The Labute approximate surface area is 51.9 Å². The third kappa shape index (κ3) is 11.6. The Kier molecular flexibility index (Phi) is 16.4. The monoisotopic (exact) mass is 239 g/mol. The first-order chi connectivity index (χ1) is 1.91. The Balaban J connectivity index is 0. The summed E-state index contributed by atoms with van der Waals surface area (Å²) >= 11 is 0. The summed E-state index contributed by atoms with van der Waals surface area (Å²) in [6, 6.07) is 0. The van der Waals surface area contributed by atoms with Crippen molar-refractivity contribution in [3.8, 4) is 0 Å².